The molecule has 0 spiro atoms. The maximum absolute atomic E-state index is 4.47. The highest BCUT2D eigenvalue weighted by Gasteiger charge is 1.69. The van der Waals surface area contributed by atoms with Crippen LogP contribution in [0.2, 0.25) is 0 Å². The summed E-state index contributed by atoms with van der Waals surface area (Å²) in [6.07, 6.45) is 23.0. The van der Waals surface area contributed by atoms with E-state index in [4.69, 9.17) is 0 Å². The zero-order valence-electron chi connectivity index (χ0n) is 19.4. The van der Waals surface area contributed by atoms with Crippen molar-refractivity contribution in [3.05, 3.63) is 132 Å². The summed E-state index contributed by atoms with van der Waals surface area (Å²) in [6, 6.07) is 4.04. The first kappa shape index (κ1) is 29.8. The third-order valence-corrected chi connectivity index (χ3v) is 4.53. The molecule has 0 aliphatic heterocycles. The van der Waals surface area contributed by atoms with E-state index in [-0.39, 0.29) is 0 Å². The number of hydrogen-bond acceptors (Lipinski definition) is 11. The van der Waals surface area contributed by atoms with Gasteiger partial charge in [-0.15, -0.1) is 22.7 Å². The summed E-state index contributed by atoms with van der Waals surface area (Å²) in [4.78, 5) is 24.8. The van der Waals surface area contributed by atoms with Crippen molar-refractivity contribution in [3.63, 3.8) is 0 Å². The molecule has 0 aliphatic carbocycles. The van der Waals surface area contributed by atoms with Crippen LogP contribution in [0.5, 0.6) is 0 Å². The first-order chi connectivity index (χ1) is 17.9. The number of aromatic amines is 1. The maximum atomic E-state index is 4.47. The van der Waals surface area contributed by atoms with Gasteiger partial charge in [0.25, 0.3) is 0 Å². The Morgan fingerprint density at radius 2 is 1.28 bits per heavy atom. The van der Waals surface area contributed by atoms with Crippen molar-refractivity contribution in [2.24, 2.45) is 7.05 Å². The molecule has 7 rings (SSSR count). The molecule has 7 aromatic heterocycles. The molecule has 7 aromatic rings. The molecule has 0 amide bonds. The molecule has 0 atom stereocenters. The van der Waals surface area contributed by atoms with E-state index in [9.17, 15) is 0 Å². The van der Waals surface area contributed by atoms with Crippen molar-refractivity contribution < 1.29 is 8.83 Å². The summed E-state index contributed by atoms with van der Waals surface area (Å²) in [6.45, 7) is 0. The van der Waals surface area contributed by atoms with Gasteiger partial charge in [-0.3, -0.25) is 9.97 Å². The average molecular weight is 543 g/mol. The van der Waals surface area contributed by atoms with Gasteiger partial charge < -0.3 is 18.4 Å². The van der Waals surface area contributed by atoms with Gasteiger partial charge in [0.05, 0.1) is 36.1 Å². The van der Waals surface area contributed by atoms with Gasteiger partial charge in [0.2, 0.25) is 0 Å². The number of thiazole rings is 2. The van der Waals surface area contributed by atoms with Crippen LogP contribution in [-0.4, -0.2) is 39.5 Å². The van der Waals surface area contributed by atoms with Crippen LogP contribution in [0.25, 0.3) is 0 Å². The standard InChI is InChI=1S/C4H6N2.C4H4S.C3H4N2.2C3H3NO.2C3H3NS/c1-6-3-2-5-4-6;1-2-4-5-3-1;5*1-2-5-3-4-1/h2-4H,1H3;1-4H;1-3H,(H,4,5);4*1-3H. The molecule has 7 heterocycles. The Morgan fingerprint density at radius 1 is 0.639 bits per heavy atom. The molecule has 0 bridgehead atoms. The summed E-state index contributed by atoms with van der Waals surface area (Å²) in [5.41, 5.74) is 3.58. The summed E-state index contributed by atoms with van der Waals surface area (Å²) in [5.74, 6) is 0. The fraction of sp³-hybridized carbons (Fsp3) is 0.0435. The number of nitrogens with zero attached hydrogens (tertiary/aromatic N) is 7. The van der Waals surface area contributed by atoms with Gasteiger partial charge in [-0.25, -0.2) is 19.9 Å². The number of rotatable bonds is 0. The van der Waals surface area contributed by atoms with Gasteiger partial charge in [-0.1, -0.05) is 12.1 Å². The first-order valence-electron chi connectivity index (χ1n) is 10.00. The zero-order valence-corrected chi connectivity index (χ0v) is 21.8. The van der Waals surface area contributed by atoms with E-state index < -0.39 is 0 Å². The molecule has 0 fully saturated rings. The second-order valence-electron chi connectivity index (χ2n) is 5.48. The van der Waals surface area contributed by atoms with E-state index in [2.05, 4.69) is 43.7 Å². The molecule has 13 heteroatoms. The highest BCUT2D eigenvalue weighted by molar-refractivity contribution is 7.08. The van der Waals surface area contributed by atoms with Gasteiger partial charge in [0, 0.05) is 55.0 Å². The predicted molar refractivity (Wildman–Crippen MR) is 143 cm³/mol. The highest BCUT2D eigenvalue weighted by Crippen LogP contribution is 1.91. The fourth-order valence-electron chi connectivity index (χ4n) is 1.47. The van der Waals surface area contributed by atoms with Crippen molar-refractivity contribution >= 4 is 34.0 Å². The van der Waals surface area contributed by atoms with Gasteiger partial charge in [0.1, 0.15) is 12.5 Å². The maximum Gasteiger partial charge on any atom is 0.180 e. The molecular formula is C23H26N8O2S3. The third-order valence-electron chi connectivity index (χ3n) is 2.86. The Morgan fingerprint density at radius 3 is 1.42 bits per heavy atom. The SMILES string of the molecule is Cn1ccnc1.c1c[nH]cn1.c1ccsc1.c1cocn1.c1cocn1.c1cscn1.c1cscn1. The van der Waals surface area contributed by atoms with Crippen molar-refractivity contribution in [1.29, 1.82) is 0 Å². The topological polar surface area (TPSA) is 124 Å². The lowest BCUT2D eigenvalue weighted by Crippen LogP contribution is -1.76. The number of imidazole rings is 2. The number of aryl methyl sites for hydroxylation is 1. The second-order valence-corrected chi connectivity index (χ2v) is 7.81. The lowest BCUT2D eigenvalue weighted by atomic mass is 10.7. The summed E-state index contributed by atoms with van der Waals surface area (Å²) in [7, 11) is 1.94. The van der Waals surface area contributed by atoms with E-state index in [1.165, 1.54) is 25.3 Å². The molecule has 10 nitrogen and oxygen atoms in total. The minimum Gasteiger partial charge on any atom is -0.452 e. The predicted octanol–water partition coefficient (Wildman–Crippen LogP) is 6.21. The van der Waals surface area contributed by atoms with Crippen LogP contribution < -0.4 is 0 Å². The van der Waals surface area contributed by atoms with Crippen molar-refractivity contribution in [3.8, 4) is 0 Å². The quantitative estimate of drug-likeness (QED) is 0.240. The van der Waals surface area contributed by atoms with Crippen LogP contribution in [-0.2, 0) is 7.05 Å². The lowest BCUT2D eigenvalue weighted by Gasteiger charge is -1.76. The average Bonchev–Trinajstić information content (AvgIpc) is 3.85. The highest BCUT2D eigenvalue weighted by atomic mass is 32.1. The van der Waals surface area contributed by atoms with Gasteiger partial charge in [-0.2, -0.15) is 11.3 Å². The number of H-pyrrole nitrogens is 1. The van der Waals surface area contributed by atoms with Crippen LogP contribution in [0.3, 0.4) is 0 Å². The van der Waals surface area contributed by atoms with E-state index in [1.807, 2.05) is 51.5 Å². The number of nitrogens with one attached hydrogen (secondary N) is 1. The summed E-state index contributed by atoms with van der Waals surface area (Å²) >= 11 is 4.92. The van der Waals surface area contributed by atoms with Crippen molar-refractivity contribution in [2.45, 2.75) is 0 Å². The van der Waals surface area contributed by atoms with Gasteiger partial charge in [0.15, 0.2) is 12.8 Å². The van der Waals surface area contributed by atoms with Crippen LogP contribution in [0.1, 0.15) is 0 Å². The molecule has 1 N–H and O–H groups in total. The van der Waals surface area contributed by atoms with Crippen molar-refractivity contribution in [1.82, 2.24) is 39.5 Å². The molecule has 0 unspecified atom stereocenters. The summed E-state index contributed by atoms with van der Waals surface area (Å²) < 4.78 is 10.8. The van der Waals surface area contributed by atoms with E-state index >= 15 is 0 Å². The molecule has 0 saturated carbocycles. The Bertz CT molecular complexity index is 822. The van der Waals surface area contributed by atoms with E-state index in [1.54, 1.807) is 101 Å². The Balaban J connectivity index is 0.000000210. The largest absolute Gasteiger partial charge is 0.452 e. The Kier molecular flexibility index (Phi) is 21.1. The second kappa shape index (κ2) is 25.4. The minimum absolute atomic E-state index is 1.38. The Labute approximate surface area is 221 Å². The van der Waals surface area contributed by atoms with Crippen LogP contribution in [0, 0.1) is 0 Å². The van der Waals surface area contributed by atoms with Gasteiger partial charge >= 0.3 is 0 Å². The lowest BCUT2D eigenvalue weighted by molar-refractivity contribution is 0.557. The van der Waals surface area contributed by atoms with E-state index in [0.29, 0.717) is 0 Å². The van der Waals surface area contributed by atoms with Gasteiger partial charge in [-0.05, 0) is 10.8 Å². The van der Waals surface area contributed by atoms with E-state index in [0.717, 1.165) is 0 Å². The smallest absolute Gasteiger partial charge is 0.180 e. The molecule has 0 saturated heterocycles. The Hall–Kier alpha value is -4.20. The monoisotopic (exact) mass is 542 g/mol. The molecule has 0 radical (unpaired) electrons. The normalized spacial score (nSPS) is 8.14. The molecular weight excluding hydrogens is 517 g/mol. The van der Waals surface area contributed by atoms with Crippen LogP contribution in [0.4, 0.5) is 0 Å². The van der Waals surface area contributed by atoms with Crippen molar-refractivity contribution in [2.75, 3.05) is 0 Å². The first-order valence-corrected chi connectivity index (χ1v) is 12.8. The molecule has 0 aliphatic rings. The zero-order chi connectivity index (χ0) is 25.6. The van der Waals surface area contributed by atoms with Crippen LogP contribution >= 0.6 is 34.0 Å². The number of aromatic nitrogens is 8. The molecule has 188 valence electrons. The number of thiophene rings is 1. The summed E-state index contributed by atoms with van der Waals surface area (Å²) in [5, 5.41) is 7.94. The number of oxazole rings is 2. The van der Waals surface area contributed by atoms with Crippen LogP contribution in [0.15, 0.2) is 141 Å². The molecule has 0 aromatic carbocycles. The minimum atomic E-state index is 1.38. The number of hydrogen-bond donors (Lipinski definition) is 1. The molecule has 36 heavy (non-hydrogen) atoms. The fourth-order valence-corrected chi connectivity index (χ4v) is 2.63. The third kappa shape index (κ3) is 23.0.